The Bertz CT molecular complexity index is 364. The van der Waals surface area contributed by atoms with Gasteiger partial charge >= 0.3 is 0 Å². The van der Waals surface area contributed by atoms with Crippen molar-refractivity contribution >= 4 is 0 Å². The molecule has 2 N–H and O–H groups in total. The number of nitrogens with one attached hydrogen (secondary N) is 1. The van der Waals surface area contributed by atoms with Crippen molar-refractivity contribution in [3.63, 3.8) is 0 Å². The summed E-state index contributed by atoms with van der Waals surface area (Å²) in [7, 11) is 0. The van der Waals surface area contributed by atoms with Crippen LogP contribution >= 0.6 is 0 Å². The summed E-state index contributed by atoms with van der Waals surface area (Å²) >= 11 is 0. The minimum atomic E-state index is -0.235. The van der Waals surface area contributed by atoms with Gasteiger partial charge in [0.1, 0.15) is 0 Å². The van der Waals surface area contributed by atoms with Crippen LogP contribution in [0.2, 0.25) is 0 Å². The number of aliphatic hydroxyl groups excluding tert-OH is 1. The molecule has 0 spiro atoms. The molecule has 1 aromatic carbocycles. The van der Waals surface area contributed by atoms with Crippen LogP contribution in [-0.2, 0) is 5.41 Å². The average molecular weight is 263 g/mol. The maximum absolute atomic E-state index is 9.73. The fraction of sp³-hybridized carbons (Fsp3) is 0.647. The van der Waals surface area contributed by atoms with Gasteiger partial charge in [-0.2, -0.15) is 0 Å². The highest BCUT2D eigenvalue weighted by Crippen LogP contribution is 2.23. The maximum atomic E-state index is 9.73. The number of aliphatic hydroxyl groups is 1. The Morgan fingerprint density at radius 2 is 1.74 bits per heavy atom. The van der Waals surface area contributed by atoms with Crippen LogP contribution < -0.4 is 5.32 Å². The fourth-order valence-electron chi connectivity index (χ4n) is 2.14. The SMILES string of the molecule is CCCC(O)CNC(C)c1ccc(C(C)(C)C)cc1. The minimum Gasteiger partial charge on any atom is -0.392 e. The molecule has 2 atom stereocenters. The largest absolute Gasteiger partial charge is 0.392 e. The molecule has 2 unspecified atom stereocenters. The lowest BCUT2D eigenvalue weighted by Crippen LogP contribution is -2.29. The van der Waals surface area contributed by atoms with Crippen LogP contribution in [0, 0.1) is 0 Å². The van der Waals surface area contributed by atoms with Gasteiger partial charge in [-0.1, -0.05) is 58.4 Å². The van der Waals surface area contributed by atoms with E-state index in [1.165, 1.54) is 11.1 Å². The summed E-state index contributed by atoms with van der Waals surface area (Å²) < 4.78 is 0. The quantitative estimate of drug-likeness (QED) is 0.818. The van der Waals surface area contributed by atoms with Gasteiger partial charge in [-0.05, 0) is 29.9 Å². The molecule has 0 aliphatic carbocycles. The second-order valence-corrected chi connectivity index (χ2v) is 6.44. The minimum absolute atomic E-state index is 0.201. The smallest absolute Gasteiger partial charge is 0.0664 e. The molecule has 0 heterocycles. The van der Waals surface area contributed by atoms with E-state index >= 15 is 0 Å². The molecule has 0 amide bonds. The molecule has 0 aliphatic rings. The van der Waals surface area contributed by atoms with E-state index in [1.807, 2.05) is 0 Å². The predicted octanol–water partition coefficient (Wildman–Crippen LogP) is 3.80. The number of benzene rings is 1. The van der Waals surface area contributed by atoms with E-state index in [1.54, 1.807) is 0 Å². The van der Waals surface area contributed by atoms with Gasteiger partial charge in [0, 0.05) is 12.6 Å². The monoisotopic (exact) mass is 263 g/mol. The molecule has 0 fully saturated rings. The van der Waals surface area contributed by atoms with Crippen molar-refractivity contribution in [3.8, 4) is 0 Å². The number of rotatable bonds is 6. The second kappa shape index (κ2) is 7.06. The predicted molar refractivity (Wildman–Crippen MR) is 82.5 cm³/mol. The molecule has 0 radical (unpaired) electrons. The molecule has 0 aromatic heterocycles. The van der Waals surface area contributed by atoms with E-state index in [4.69, 9.17) is 0 Å². The summed E-state index contributed by atoms with van der Waals surface area (Å²) in [4.78, 5) is 0. The van der Waals surface area contributed by atoms with E-state index in [0.29, 0.717) is 6.54 Å². The zero-order chi connectivity index (χ0) is 14.5. The third kappa shape index (κ3) is 5.33. The maximum Gasteiger partial charge on any atom is 0.0664 e. The molecule has 2 heteroatoms. The van der Waals surface area contributed by atoms with Gasteiger partial charge in [0.25, 0.3) is 0 Å². The molecule has 1 rings (SSSR count). The third-order valence-corrected chi connectivity index (χ3v) is 3.56. The highest BCUT2D eigenvalue weighted by atomic mass is 16.3. The second-order valence-electron chi connectivity index (χ2n) is 6.44. The highest BCUT2D eigenvalue weighted by Gasteiger charge is 2.14. The number of hydrogen-bond acceptors (Lipinski definition) is 2. The third-order valence-electron chi connectivity index (χ3n) is 3.56. The van der Waals surface area contributed by atoms with Crippen LogP contribution in [0.15, 0.2) is 24.3 Å². The highest BCUT2D eigenvalue weighted by molar-refractivity contribution is 5.28. The van der Waals surface area contributed by atoms with Crippen molar-refractivity contribution in [2.24, 2.45) is 0 Å². The summed E-state index contributed by atoms with van der Waals surface area (Å²) in [5, 5.41) is 13.1. The fourth-order valence-corrected chi connectivity index (χ4v) is 2.14. The standard InChI is InChI=1S/C17H29NO/c1-6-7-16(19)12-18-13(2)14-8-10-15(11-9-14)17(3,4)5/h8-11,13,16,18-19H,6-7,12H2,1-5H3. The Morgan fingerprint density at radius 1 is 1.16 bits per heavy atom. The Kier molecular flexibility index (Phi) is 6.02. The van der Waals surface area contributed by atoms with Crippen molar-refractivity contribution < 1.29 is 5.11 Å². The van der Waals surface area contributed by atoms with Crippen molar-refractivity contribution in [3.05, 3.63) is 35.4 Å². The lowest BCUT2D eigenvalue weighted by Gasteiger charge is -2.21. The molecular formula is C17H29NO. The molecule has 2 nitrogen and oxygen atoms in total. The van der Waals surface area contributed by atoms with E-state index < -0.39 is 0 Å². The van der Waals surface area contributed by atoms with Crippen molar-refractivity contribution in [1.29, 1.82) is 0 Å². The van der Waals surface area contributed by atoms with E-state index in [9.17, 15) is 5.11 Å². The Hall–Kier alpha value is -0.860. The normalized spacial score (nSPS) is 15.3. The van der Waals surface area contributed by atoms with Crippen molar-refractivity contribution in [2.45, 2.75) is 65.0 Å². The van der Waals surface area contributed by atoms with Gasteiger partial charge in [0.05, 0.1) is 6.10 Å². The van der Waals surface area contributed by atoms with Gasteiger partial charge in [0.15, 0.2) is 0 Å². The molecule has 0 bridgehead atoms. The van der Waals surface area contributed by atoms with Crippen LogP contribution in [0.3, 0.4) is 0 Å². The van der Waals surface area contributed by atoms with Crippen LogP contribution in [0.1, 0.15) is 64.6 Å². The molecule has 0 saturated heterocycles. The van der Waals surface area contributed by atoms with Gasteiger partial charge in [-0.15, -0.1) is 0 Å². The Labute approximate surface area is 118 Å². The average Bonchev–Trinajstić information content (AvgIpc) is 2.35. The van der Waals surface area contributed by atoms with Crippen LogP contribution in [0.4, 0.5) is 0 Å². The molecule has 1 aromatic rings. The summed E-state index contributed by atoms with van der Waals surface area (Å²) in [6.07, 6.45) is 1.65. The van der Waals surface area contributed by atoms with E-state index in [-0.39, 0.29) is 17.6 Å². The van der Waals surface area contributed by atoms with E-state index in [0.717, 1.165) is 12.8 Å². The summed E-state index contributed by atoms with van der Waals surface area (Å²) in [6.45, 7) is 11.6. The first kappa shape index (κ1) is 16.2. The summed E-state index contributed by atoms with van der Waals surface area (Å²) in [5.74, 6) is 0. The first-order chi connectivity index (χ1) is 8.84. The lowest BCUT2D eigenvalue weighted by molar-refractivity contribution is 0.157. The van der Waals surface area contributed by atoms with Crippen LogP contribution in [0.5, 0.6) is 0 Å². The summed E-state index contributed by atoms with van der Waals surface area (Å²) in [5.41, 5.74) is 2.83. The zero-order valence-corrected chi connectivity index (χ0v) is 13.0. The van der Waals surface area contributed by atoms with Crippen LogP contribution in [-0.4, -0.2) is 17.8 Å². The molecular weight excluding hydrogens is 234 g/mol. The number of hydrogen-bond donors (Lipinski definition) is 2. The van der Waals surface area contributed by atoms with Gasteiger partial charge in [-0.3, -0.25) is 0 Å². The first-order valence-corrected chi connectivity index (χ1v) is 7.36. The zero-order valence-electron chi connectivity index (χ0n) is 13.0. The van der Waals surface area contributed by atoms with Gasteiger partial charge in [0.2, 0.25) is 0 Å². The van der Waals surface area contributed by atoms with Crippen molar-refractivity contribution in [2.75, 3.05) is 6.54 Å². The van der Waals surface area contributed by atoms with Crippen molar-refractivity contribution in [1.82, 2.24) is 5.32 Å². The Balaban J connectivity index is 2.56. The topological polar surface area (TPSA) is 32.3 Å². The van der Waals surface area contributed by atoms with Gasteiger partial charge < -0.3 is 10.4 Å². The molecule has 0 saturated carbocycles. The summed E-state index contributed by atoms with van der Waals surface area (Å²) in [6, 6.07) is 9.06. The van der Waals surface area contributed by atoms with Crippen LogP contribution in [0.25, 0.3) is 0 Å². The lowest BCUT2D eigenvalue weighted by atomic mass is 9.86. The Morgan fingerprint density at radius 3 is 2.21 bits per heavy atom. The molecule has 108 valence electrons. The van der Waals surface area contributed by atoms with E-state index in [2.05, 4.69) is 64.2 Å². The molecule has 19 heavy (non-hydrogen) atoms. The van der Waals surface area contributed by atoms with Gasteiger partial charge in [-0.25, -0.2) is 0 Å². The molecule has 0 aliphatic heterocycles. The first-order valence-electron chi connectivity index (χ1n) is 7.36.